The zero-order valence-electron chi connectivity index (χ0n) is 9.51. The summed E-state index contributed by atoms with van der Waals surface area (Å²) in [5.41, 5.74) is 2.55. The minimum atomic E-state index is -0.0532. The Hall–Kier alpha value is -2.60. The summed E-state index contributed by atoms with van der Waals surface area (Å²) in [5, 5.41) is 8.86. The quantitative estimate of drug-likeness (QED) is 0.705. The molecule has 1 heterocycles. The van der Waals surface area contributed by atoms with Crippen molar-refractivity contribution in [3.05, 3.63) is 64.7 Å². The van der Waals surface area contributed by atoms with Gasteiger partial charge < -0.3 is 4.74 Å². The van der Waals surface area contributed by atoms with E-state index in [1.165, 1.54) is 0 Å². The van der Waals surface area contributed by atoms with Gasteiger partial charge in [0.05, 0.1) is 17.2 Å². The maximum atomic E-state index is 12.4. The minimum Gasteiger partial charge on any atom is -0.488 e. The van der Waals surface area contributed by atoms with Gasteiger partial charge in [0.15, 0.2) is 5.78 Å². The molecular formula is C15H9NO2. The number of nitriles is 1. The van der Waals surface area contributed by atoms with E-state index < -0.39 is 0 Å². The van der Waals surface area contributed by atoms with Gasteiger partial charge in [0.1, 0.15) is 12.4 Å². The lowest BCUT2D eigenvalue weighted by Crippen LogP contribution is -2.02. The lowest BCUT2D eigenvalue weighted by Gasteiger charge is -2.05. The summed E-state index contributed by atoms with van der Waals surface area (Å²) < 4.78 is 5.62. The first-order chi connectivity index (χ1) is 8.79. The monoisotopic (exact) mass is 235 g/mol. The summed E-state index contributed by atoms with van der Waals surface area (Å²) in [6, 6.07) is 14.3. The van der Waals surface area contributed by atoms with Gasteiger partial charge >= 0.3 is 0 Å². The summed E-state index contributed by atoms with van der Waals surface area (Å²) in [6.07, 6.45) is 0. The molecule has 2 aromatic carbocycles. The molecule has 0 unspecified atom stereocenters. The van der Waals surface area contributed by atoms with Gasteiger partial charge in [-0.2, -0.15) is 5.26 Å². The number of carbonyl (C=O) groups excluding carboxylic acids is 1. The Kier molecular flexibility index (Phi) is 2.35. The molecule has 0 atom stereocenters. The third-order valence-electron chi connectivity index (χ3n) is 3.00. The molecule has 0 saturated heterocycles. The van der Waals surface area contributed by atoms with Gasteiger partial charge in [0.25, 0.3) is 0 Å². The smallest absolute Gasteiger partial charge is 0.197 e. The van der Waals surface area contributed by atoms with E-state index in [0.717, 1.165) is 5.56 Å². The fourth-order valence-corrected chi connectivity index (χ4v) is 2.07. The molecule has 3 rings (SSSR count). The Bertz CT molecular complexity index is 683. The number of hydrogen-bond donors (Lipinski definition) is 0. The maximum Gasteiger partial charge on any atom is 0.197 e. The SMILES string of the molecule is N#Cc1ccc2c(c1)OCc1ccccc1C2=O. The standard InChI is InChI=1S/C15H9NO2/c16-8-10-5-6-13-14(7-10)18-9-11-3-1-2-4-12(11)15(13)17/h1-7H,9H2. The van der Waals surface area contributed by atoms with Gasteiger partial charge in [0.2, 0.25) is 0 Å². The van der Waals surface area contributed by atoms with Crippen LogP contribution in [0.25, 0.3) is 0 Å². The first kappa shape index (κ1) is 10.5. The average Bonchev–Trinajstić information content (AvgIpc) is 2.57. The summed E-state index contributed by atoms with van der Waals surface area (Å²) in [5.74, 6) is 0.429. The van der Waals surface area contributed by atoms with Crippen molar-refractivity contribution in [2.45, 2.75) is 6.61 Å². The van der Waals surface area contributed by atoms with Crippen LogP contribution in [0.4, 0.5) is 0 Å². The molecule has 1 aliphatic heterocycles. The minimum absolute atomic E-state index is 0.0532. The van der Waals surface area contributed by atoms with Crippen molar-refractivity contribution in [3.8, 4) is 11.8 Å². The van der Waals surface area contributed by atoms with Gasteiger partial charge in [-0.25, -0.2) is 0 Å². The highest BCUT2D eigenvalue weighted by Gasteiger charge is 2.21. The van der Waals surface area contributed by atoms with Crippen LogP contribution in [0, 0.1) is 11.3 Å². The van der Waals surface area contributed by atoms with E-state index in [2.05, 4.69) is 0 Å². The number of carbonyl (C=O) groups is 1. The number of benzene rings is 2. The second-order valence-corrected chi connectivity index (χ2v) is 4.10. The van der Waals surface area contributed by atoms with Gasteiger partial charge in [-0.15, -0.1) is 0 Å². The number of ketones is 1. The van der Waals surface area contributed by atoms with Crippen molar-refractivity contribution >= 4 is 5.78 Å². The van der Waals surface area contributed by atoms with Crippen LogP contribution in [-0.4, -0.2) is 5.78 Å². The molecular weight excluding hydrogens is 226 g/mol. The predicted molar refractivity (Wildman–Crippen MR) is 65.4 cm³/mol. The van der Waals surface area contributed by atoms with Crippen molar-refractivity contribution in [2.75, 3.05) is 0 Å². The second kappa shape index (κ2) is 4.01. The molecule has 0 spiro atoms. The number of nitrogens with zero attached hydrogens (tertiary/aromatic N) is 1. The molecule has 0 radical (unpaired) electrons. The highest BCUT2D eigenvalue weighted by molar-refractivity contribution is 6.12. The second-order valence-electron chi connectivity index (χ2n) is 4.10. The maximum absolute atomic E-state index is 12.4. The Labute approximate surface area is 104 Å². The first-order valence-electron chi connectivity index (χ1n) is 5.59. The van der Waals surface area contributed by atoms with Gasteiger partial charge in [-0.1, -0.05) is 24.3 Å². The molecule has 1 aliphatic rings. The van der Waals surface area contributed by atoms with Crippen LogP contribution < -0.4 is 4.74 Å². The molecule has 0 saturated carbocycles. The third kappa shape index (κ3) is 1.56. The summed E-state index contributed by atoms with van der Waals surface area (Å²) in [6.45, 7) is 0.351. The Morgan fingerprint density at radius 1 is 1.11 bits per heavy atom. The molecule has 0 aliphatic carbocycles. The Morgan fingerprint density at radius 2 is 1.94 bits per heavy atom. The van der Waals surface area contributed by atoms with Crippen molar-refractivity contribution in [1.29, 1.82) is 5.26 Å². The van der Waals surface area contributed by atoms with Crippen LogP contribution in [0.5, 0.6) is 5.75 Å². The zero-order valence-corrected chi connectivity index (χ0v) is 9.51. The zero-order chi connectivity index (χ0) is 12.5. The summed E-state index contributed by atoms with van der Waals surface area (Å²) in [7, 11) is 0. The van der Waals surface area contributed by atoms with Crippen molar-refractivity contribution in [1.82, 2.24) is 0 Å². The average molecular weight is 235 g/mol. The predicted octanol–water partition coefficient (Wildman–Crippen LogP) is 2.68. The molecule has 2 aromatic rings. The molecule has 0 aromatic heterocycles. The fourth-order valence-electron chi connectivity index (χ4n) is 2.07. The number of hydrogen-bond acceptors (Lipinski definition) is 3. The third-order valence-corrected chi connectivity index (χ3v) is 3.00. The number of rotatable bonds is 0. The van der Waals surface area contributed by atoms with Crippen molar-refractivity contribution < 1.29 is 9.53 Å². The number of fused-ring (bicyclic) bond motifs is 2. The van der Waals surface area contributed by atoms with E-state index in [9.17, 15) is 4.79 Å². The highest BCUT2D eigenvalue weighted by atomic mass is 16.5. The van der Waals surface area contributed by atoms with E-state index in [0.29, 0.717) is 29.0 Å². The van der Waals surface area contributed by atoms with Gasteiger partial charge in [-0.3, -0.25) is 4.79 Å². The van der Waals surface area contributed by atoms with Gasteiger partial charge in [0, 0.05) is 11.1 Å². The Morgan fingerprint density at radius 3 is 2.78 bits per heavy atom. The number of ether oxygens (including phenoxy) is 1. The Balaban J connectivity index is 2.18. The fraction of sp³-hybridized carbons (Fsp3) is 0.0667. The topological polar surface area (TPSA) is 50.1 Å². The molecule has 0 bridgehead atoms. The molecule has 18 heavy (non-hydrogen) atoms. The first-order valence-corrected chi connectivity index (χ1v) is 5.59. The summed E-state index contributed by atoms with van der Waals surface area (Å²) in [4.78, 5) is 12.4. The molecule has 0 fully saturated rings. The van der Waals surface area contributed by atoms with E-state index in [1.54, 1.807) is 24.3 Å². The molecule has 3 heteroatoms. The normalized spacial score (nSPS) is 12.7. The summed E-state index contributed by atoms with van der Waals surface area (Å²) >= 11 is 0. The lowest BCUT2D eigenvalue weighted by molar-refractivity contribution is 0.103. The molecule has 0 N–H and O–H groups in total. The van der Waals surface area contributed by atoms with E-state index in [1.807, 2.05) is 24.3 Å². The van der Waals surface area contributed by atoms with Crippen LogP contribution in [0.3, 0.4) is 0 Å². The van der Waals surface area contributed by atoms with Gasteiger partial charge in [-0.05, 0) is 18.2 Å². The van der Waals surface area contributed by atoms with Crippen molar-refractivity contribution in [3.63, 3.8) is 0 Å². The largest absolute Gasteiger partial charge is 0.488 e. The molecule has 86 valence electrons. The lowest BCUT2D eigenvalue weighted by atomic mass is 9.98. The molecule has 3 nitrogen and oxygen atoms in total. The van der Waals surface area contributed by atoms with E-state index in [-0.39, 0.29) is 5.78 Å². The van der Waals surface area contributed by atoms with Crippen molar-refractivity contribution in [2.24, 2.45) is 0 Å². The van der Waals surface area contributed by atoms with E-state index >= 15 is 0 Å². The van der Waals surface area contributed by atoms with Crippen LogP contribution in [0.2, 0.25) is 0 Å². The van der Waals surface area contributed by atoms with Crippen LogP contribution in [0.1, 0.15) is 27.0 Å². The highest BCUT2D eigenvalue weighted by Crippen LogP contribution is 2.29. The van der Waals surface area contributed by atoms with Crippen LogP contribution >= 0.6 is 0 Å². The van der Waals surface area contributed by atoms with Crippen LogP contribution in [0.15, 0.2) is 42.5 Å². The molecule has 0 amide bonds. The van der Waals surface area contributed by atoms with Crippen LogP contribution in [-0.2, 0) is 6.61 Å². The van der Waals surface area contributed by atoms with E-state index in [4.69, 9.17) is 10.00 Å².